The molecular weight excluding hydrogens is 392 g/mol. The van der Waals surface area contributed by atoms with Crippen LogP contribution in [0.4, 0.5) is 5.13 Å². The van der Waals surface area contributed by atoms with Crippen LogP contribution in [0.25, 0.3) is 10.6 Å². The second-order valence-electron chi connectivity index (χ2n) is 6.08. The molecule has 0 saturated carbocycles. The summed E-state index contributed by atoms with van der Waals surface area (Å²) in [6.07, 6.45) is 0. The van der Waals surface area contributed by atoms with Crippen LogP contribution in [0.1, 0.15) is 15.9 Å². The second kappa shape index (κ2) is 9.16. The molecule has 150 valence electrons. The summed E-state index contributed by atoms with van der Waals surface area (Å²) in [6, 6.07) is 12.7. The molecule has 8 nitrogen and oxygen atoms in total. The van der Waals surface area contributed by atoms with E-state index in [1.165, 1.54) is 25.6 Å². The highest BCUT2D eigenvalue weighted by Gasteiger charge is 2.15. The number of methoxy groups -OCH3 is 2. The topological polar surface area (TPSA) is 102 Å². The molecule has 0 unspecified atom stereocenters. The Labute approximate surface area is 171 Å². The van der Waals surface area contributed by atoms with E-state index in [4.69, 9.17) is 9.47 Å². The average Bonchev–Trinajstić information content (AvgIpc) is 3.20. The van der Waals surface area contributed by atoms with E-state index in [-0.39, 0.29) is 6.54 Å². The van der Waals surface area contributed by atoms with Gasteiger partial charge in [0.2, 0.25) is 11.0 Å². The lowest BCUT2D eigenvalue weighted by Crippen LogP contribution is -2.33. The molecule has 1 heterocycles. The molecule has 3 aromatic rings. The Morgan fingerprint density at radius 1 is 1.03 bits per heavy atom. The van der Waals surface area contributed by atoms with Crippen LogP contribution in [0.15, 0.2) is 42.5 Å². The lowest BCUT2D eigenvalue weighted by Gasteiger charge is -2.10. The van der Waals surface area contributed by atoms with Crippen molar-refractivity contribution in [3.8, 4) is 22.1 Å². The molecule has 0 spiro atoms. The van der Waals surface area contributed by atoms with Gasteiger partial charge in [0.25, 0.3) is 5.91 Å². The number of rotatable bonds is 7. The van der Waals surface area contributed by atoms with E-state index >= 15 is 0 Å². The summed E-state index contributed by atoms with van der Waals surface area (Å²) < 4.78 is 10.3. The normalized spacial score (nSPS) is 10.3. The van der Waals surface area contributed by atoms with Crippen molar-refractivity contribution in [2.45, 2.75) is 6.92 Å². The van der Waals surface area contributed by atoms with Gasteiger partial charge >= 0.3 is 0 Å². The number of carbonyl (C=O) groups excluding carboxylic acids is 2. The Kier molecular flexibility index (Phi) is 6.40. The van der Waals surface area contributed by atoms with Crippen LogP contribution in [0.2, 0.25) is 0 Å². The van der Waals surface area contributed by atoms with Crippen LogP contribution in [0.3, 0.4) is 0 Å². The summed E-state index contributed by atoms with van der Waals surface area (Å²) in [6.45, 7) is 1.79. The molecule has 0 saturated heterocycles. The lowest BCUT2D eigenvalue weighted by atomic mass is 10.1. The van der Waals surface area contributed by atoms with Crippen molar-refractivity contribution in [2.24, 2.45) is 0 Å². The van der Waals surface area contributed by atoms with Crippen molar-refractivity contribution in [3.63, 3.8) is 0 Å². The fourth-order valence-corrected chi connectivity index (χ4v) is 3.26. The molecule has 9 heteroatoms. The molecule has 0 aliphatic rings. The third kappa shape index (κ3) is 5.08. The van der Waals surface area contributed by atoms with Crippen molar-refractivity contribution in [1.29, 1.82) is 0 Å². The van der Waals surface area contributed by atoms with Gasteiger partial charge in [-0.25, -0.2) is 0 Å². The van der Waals surface area contributed by atoms with Crippen molar-refractivity contribution in [3.05, 3.63) is 53.6 Å². The van der Waals surface area contributed by atoms with E-state index in [0.29, 0.717) is 27.2 Å². The first kappa shape index (κ1) is 20.3. The van der Waals surface area contributed by atoms with E-state index in [2.05, 4.69) is 20.8 Å². The maximum atomic E-state index is 12.4. The van der Waals surface area contributed by atoms with E-state index in [9.17, 15) is 9.59 Å². The van der Waals surface area contributed by atoms with Crippen molar-refractivity contribution >= 4 is 28.3 Å². The Bertz CT molecular complexity index is 1020. The molecule has 0 atom stereocenters. The fraction of sp³-hybridized carbons (Fsp3) is 0.200. The molecule has 3 rings (SSSR count). The minimum absolute atomic E-state index is 0.215. The molecule has 2 amide bonds. The lowest BCUT2D eigenvalue weighted by molar-refractivity contribution is -0.115. The maximum Gasteiger partial charge on any atom is 0.255 e. The number of ether oxygens (including phenoxy) is 2. The molecule has 0 aliphatic heterocycles. The molecular formula is C20H20N4O4S. The van der Waals surface area contributed by atoms with Gasteiger partial charge in [0.15, 0.2) is 0 Å². The van der Waals surface area contributed by atoms with Gasteiger partial charge < -0.3 is 14.8 Å². The van der Waals surface area contributed by atoms with Crippen LogP contribution in [-0.2, 0) is 4.79 Å². The number of anilines is 1. The zero-order chi connectivity index (χ0) is 20.8. The molecule has 0 aliphatic carbocycles. The second-order valence-corrected chi connectivity index (χ2v) is 7.05. The number of carbonyl (C=O) groups is 2. The van der Waals surface area contributed by atoms with Crippen LogP contribution < -0.4 is 20.1 Å². The maximum absolute atomic E-state index is 12.4. The van der Waals surface area contributed by atoms with Gasteiger partial charge in [-0.05, 0) is 19.1 Å². The first-order chi connectivity index (χ1) is 14.0. The number of nitrogens with zero attached hydrogens (tertiary/aromatic N) is 2. The molecule has 29 heavy (non-hydrogen) atoms. The van der Waals surface area contributed by atoms with Gasteiger partial charge in [0, 0.05) is 11.6 Å². The number of hydrogen-bond acceptors (Lipinski definition) is 7. The van der Waals surface area contributed by atoms with Gasteiger partial charge in [0.05, 0.1) is 26.3 Å². The fourth-order valence-electron chi connectivity index (χ4n) is 2.49. The molecule has 0 bridgehead atoms. The molecule has 2 aromatic carbocycles. The summed E-state index contributed by atoms with van der Waals surface area (Å²) in [4.78, 5) is 24.5. The Balaban J connectivity index is 1.58. The Morgan fingerprint density at radius 3 is 2.48 bits per heavy atom. The van der Waals surface area contributed by atoms with Crippen molar-refractivity contribution < 1.29 is 19.1 Å². The molecule has 1 aromatic heterocycles. The van der Waals surface area contributed by atoms with E-state index < -0.39 is 11.8 Å². The molecule has 2 N–H and O–H groups in total. The highest BCUT2D eigenvalue weighted by molar-refractivity contribution is 7.18. The van der Waals surface area contributed by atoms with E-state index in [1.54, 1.807) is 18.2 Å². The standard InChI is InChI=1S/C20H20N4O4S/c1-12-4-6-13(7-5-12)19-23-24-20(29-19)22-17(25)11-21-18(26)15-9-8-14(27-2)10-16(15)28-3/h4-10H,11H2,1-3H3,(H,21,26)(H,22,24,25). The summed E-state index contributed by atoms with van der Waals surface area (Å²) in [5.74, 6) is 0.0839. The quantitative estimate of drug-likeness (QED) is 0.619. The van der Waals surface area contributed by atoms with Crippen LogP contribution in [-0.4, -0.2) is 42.8 Å². The van der Waals surface area contributed by atoms with E-state index in [1.807, 2.05) is 31.2 Å². The van der Waals surface area contributed by atoms with Gasteiger partial charge in [-0.3, -0.25) is 14.9 Å². The van der Waals surface area contributed by atoms with Crippen LogP contribution in [0, 0.1) is 6.92 Å². The number of hydrogen-bond donors (Lipinski definition) is 2. The van der Waals surface area contributed by atoms with Gasteiger partial charge in [-0.1, -0.05) is 41.2 Å². The van der Waals surface area contributed by atoms with E-state index in [0.717, 1.165) is 11.1 Å². The highest BCUT2D eigenvalue weighted by Crippen LogP contribution is 2.26. The van der Waals surface area contributed by atoms with Gasteiger partial charge in [-0.2, -0.15) is 0 Å². The first-order valence-electron chi connectivity index (χ1n) is 8.70. The number of amides is 2. The third-order valence-corrected chi connectivity index (χ3v) is 4.92. The predicted molar refractivity (Wildman–Crippen MR) is 111 cm³/mol. The monoisotopic (exact) mass is 412 g/mol. The first-order valence-corrected chi connectivity index (χ1v) is 9.52. The van der Waals surface area contributed by atoms with Crippen molar-refractivity contribution in [1.82, 2.24) is 15.5 Å². The van der Waals surface area contributed by atoms with Crippen LogP contribution in [0.5, 0.6) is 11.5 Å². The molecule has 0 fully saturated rings. The summed E-state index contributed by atoms with van der Waals surface area (Å²) in [5, 5.41) is 14.3. The summed E-state index contributed by atoms with van der Waals surface area (Å²) in [5.41, 5.74) is 2.38. The zero-order valence-corrected chi connectivity index (χ0v) is 17.0. The SMILES string of the molecule is COc1ccc(C(=O)NCC(=O)Nc2nnc(-c3ccc(C)cc3)s2)c(OC)c1. The minimum Gasteiger partial charge on any atom is -0.497 e. The Hall–Kier alpha value is -3.46. The average molecular weight is 412 g/mol. The highest BCUT2D eigenvalue weighted by atomic mass is 32.1. The Morgan fingerprint density at radius 2 is 1.79 bits per heavy atom. The van der Waals surface area contributed by atoms with Crippen molar-refractivity contribution in [2.75, 3.05) is 26.1 Å². The number of nitrogens with one attached hydrogen (secondary N) is 2. The number of aromatic nitrogens is 2. The number of benzene rings is 2. The minimum atomic E-state index is -0.433. The third-order valence-electron chi connectivity index (χ3n) is 4.03. The predicted octanol–water partition coefficient (Wildman–Crippen LogP) is 2.90. The molecule has 0 radical (unpaired) electrons. The zero-order valence-electron chi connectivity index (χ0n) is 16.2. The van der Waals surface area contributed by atoms with Crippen LogP contribution >= 0.6 is 11.3 Å². The van der Waals surface area contributed by atoms with Gasteiger partial charge in [-0.15, -0.1) is 10.2 Å². The smallest absolute Gasteiger partial charge is 0.255 e. The largest absolute Gasteiger partial charge is 0.497 e. The summed E-state index contributed by atoms with van der Waals surface area (Å²) in [7, 11) is 2.98. The number of aryl methyl sites for hydroxylation is 1. The summed E-state index contributed by atoms with van der Waals surface area (Å²) >= 11 is 1.26. The van der Waals surface area contributed by atoms with Gasteiger partial charge in [0.1, 0.15) is 16.5 Å².